The summed E-state index contributed by atoms with van der Waals surface area (Å²) in [7, 11) is 0. The van der Waals surface area contributed by atoms with Crippen LogP contribution in [0, 0.1) is 23.7 Å². The Hall–Kier alpha value is -0.260. The zero-order chi connectivity index (χ0) is 5.14. The standard InChI is InChI=1S/C8H10/c1-2-6-5(1)7-3-4-8(6)7/h1-2,5-8H,3-4H2/t5-,6+,7+,8-. The highest BCUT2D eigenvalue weighted by Gasteiger charge is 2.55. The molecule has 3 aliphatic carbocycles. The van der Waals surface area contributed by atoms with Gasteiger partial charge in [0, 0.05) is 0 Å². The fourth-order valence-electron chi connectivity index (χ4n) is 2.59. The highest BCUT2D eigenvalue weighted by molar-refractivity contribution is 5.24. The molecule has 0 unspecified atom stereocenters. The molecule has 8 heavy (non-hydrogen) atoms. The van der Waals surface area contributed by atoms with Crippen LogP contribution in [0.25, 0.3) is 0 Å². The number of allylic oxidation sites excluding steroid dienone is 2. The monoisotopic (exact) mass is 106 g/mol. The van der Waals surface area contributed by atoms with Gasteiger partial charge in [-0.05, 0) is 36.5 Å². The second kappa shape index (κ2) is 0.896. The van der Waals surface area contributed by atoms with Gasteiger partial charge >= 0.3 is 0 Å². The molecule has 3 rings (SSSR count). The second-order valence-corrected chi connectivity index (χ2v) is 3.44. The molecule has 0 N–H and O–H groups in total. The van der Waals surface area contributed by atoms with Gasteiger partial charge in [-0.15, -0.1) is 0 Å². The van der Waals surface area contributed by atoms with Crippen LogP contribution in [0.1, 0.15) is 12.8 Å². The number of hydrogen-bond donors (Lipinski definition) is 0. The first-order valence-electron chi connectivity index (χ1n) is 3.65. The molecule has 0 saturated heterocycles. The summed E-state index contributed by atoms with van der Waals surface area (Å²) in [5.41, 5.74) is 0. The van der Waals surface area contributed by atoms with E-state index in [0.717, 1.165) is 23.7 Å². The van der Waals surface area contributed by atoms with E-state index in [1.165, 1.54) is 12.8 Å². The van der Waals surface area contributed by atoms with Gasteiger partial charge in [-0.1, -0.05) is 12.2 Å². The van der Waals surface area contributed by atoms with Gasteiger partial charge in [0.1, 0.15) is 0 Å². The summed E-state index contributed by atoms with van der Waals surface area (Å²) in [6.07, 6.45) is 7.89. The molecule has 0 radical (unpaired) electrons. The first kappa shape index (κ1) is 3.71. The lowest BCUT2D eigenvalue weighted by Gasteiger charge is -2.62. The van der Waals surface area contributed by atoms with Crippen molar-refractivity contribution in [2.45, 2.75) is 12.8 Å². The summed E-state index contributed by atoms with van der Waals surface area (Å²) < 4.78 is 0. The highest BCUT2D eigenvalue weighted by atomic mass is 14.6. The van der Waals surface area contributed by atoms with E-state index in [1.54, 1.807) is 0 Å². The van der Waals surface area contributed by atoms with Crippen molar-refractivity contribution in [3.05, 3.63) is 12.2 Å². The minimum absolute atomic E-state index is 1.06. The van der Waals surface area contributed by atoms with E-state index in [9.17, 15) is 0 Å². The molecule has 4 atom stereocenters. The topological polar surface area (TPSA) is 0 Å². The number of fused-ring (bicyclic) bond motifs is 4. The molecule has 2 fully saturated rings. The van der Waals surface area contributed by atoms with Crippen LogP contribution in [0.4, 0.5) is 0 Å². The zero-order valence-corrected chi connectivity index (χ0v) is 4.88. The van der Waals surface area contributed by atoms with Crippen molar-refractivity contribution in [2.75, 3.05) is 0 Å². The molecule has 0 aromatic heterocycles. The van der Waals surface area contributed by atoms with Crippen molar-refractivity contribution in [3.63, 3.8) is 0 Å². The number of rotatable bonds is 0. The second-order valence-electron chi connectivity index (χ2n) is 3.44. The Bertz CT molecular complexity index is 139. The molecule has 0 aromatic rings. The van der Waals surface area contributed by atoms with Gasteiger partial charge in [0.05, 0.1) is 0 Å². The minimum Gasteiger partial charge on any atom is -0.0842 e. The molecule has 0 spiro atoms. The summed E-state index contributed by atoms with van der Waals surface area (Å²) in [6, 6.07) is 0. The normalized spacial score (nSPS) is 64.0. The molecule has 42 valence electrons. The van der Waals surface area contributed by atoms with Crippen molar-refractivity contribution in [1.29, 1.82) is 0 Å². The Kier molecular flexibility index (Phi) is 0.415. The van der Waals surface area contributed by atoms with Crippen molar-refractivity contribution in [2.24, 2.45) is 23.7 Å². The van der Waals surface area contributed by atoms with Crippen molar-refractivity contribution >= 4 is 0 Å². The molecule has 0 aromatic carbocycles. The Morgan fingerprint density at radius 3 is 1.50 bits per heavy atom. The molecule has 0 heterocycles. The van der Waals surface area contributed by atoms with Crippen LogP contribution in [0.3, 0.4) is 0 Å². The molecule has 0 heteroatoms. The van der Waals surface area contributed by atoms with E-state index in [0.29, 0.717) is 0 Å². The van der Waals surface area contributed by atoms with Crippen LogP contribution in [0.5, 0.6) is 0 Å². The third-order valence-corrected chi connectivity index (χ3v) is 3.37. The molecular weight excluding hydrogens is 96.1 g/mol. The Morgan fingerprint density at radius 1 is 0.875 bits per heavy atom. The summed E-state index contributed by atoms with van der Waals surface area (Å²) in [6.45, 7) is 0. The molecular formula is C8H10. The Morgan fingerprint density at radius 2 is 1.38 bits per heavy atom. The van der Waals surface area contributed by atoms with Crippen molar-refractivity contribution in [3.8, 4) is 0 Å². The van der Waals surface area contributed by atoms with Gasteiger partial charge in [0.25, 0.3) is 0 Å². The average Bonchev–Trinajstić information content (AvgIpc) is 1.70. The molecule has 3 aliphatic rings. The van der Waals surface area contributed by atoms with Crippen LogP contribution in [-0.2, 0) is 0 Å². The van der Waals surface area contributed by atoms with Crippen LogP contribution in [0.15, 0.2) is 12.2 Å². The minimum atomic E-state index is 1.06. The lowest BCUT2D eigenvalue weighted by Crippen LogP contribution is -2.55. The molecule has 2 saturated carbocycles. The Labute approximate surface area is 49.6 Å². The van der Waals surface area contributed by atoms with Crippen LogP contribution < -0.4 is 0 Å². The third kappa shape index (κ3) is 0.195. The quantitative estimate of drug-likeness (QED) is 0.413. The Balaban J connectivity index is 1.98. The van der Waals surface area contributed by atoms with E-state index >= 15 is 0 Å². The van der Waals surface area contributed by atoms with Crippen LogP contribution >= 0.6 is 0 Å². The van der Waals surface area contributed by atoms with E-state index in [2.05, 4.69) is 12.2 Å². The predicted molar refractivity (Wildman–Crippen MR) is 32.3 cm³/mol. The zero-order valence-electron chi connectivity index (χ0n) is 4.88. The van der Waals surface area contributed by atoms with Gasteiger partial charge in [0.2, 0.25) is 0 Å². The van der Waals surface area contributed by atoms with Gasteiger partial charge in [0.15, 0.2) is 0 Å². The lowest BCUT2D eigenvalue weighted by molar-refractivity contribution is -0.0677. The van der Waals surface area contributed by atoms with Gasteiger partial charge in [-0.2, -0.15) is 0 Å². The maximum atomic E-state index is 2.41. The summed E-state index contributed by atoms with van der Waals surface area (Å²) in [4.78, 5) is 0. The lowest BCUT2D eigenvalue weighted by atomic mass is 9.43. The third-order valence-electron chi connectivity index (χ3n) is 3.37. The van der Waals surface area contributed by atoms with E-state index in [-0.39, 0.29) is 0 Å². The fourth-order valence-corrected chi connectivity index (χ4v) is 2.59. The molecule has 0 bridgehead atoms. The van der Waals surface area contributed by atoms with Crippen molar-refractivity contribution in [1.82, 2.24) is 0 Å². The maximum absolute atomic E-state index is 2.41. The predicted octanol–water partition coefficient (Wildman–Crippen LogP) is 1.83. The summed E-state index contributed by atoms with van der Waals surface area (Å²) in [5.74, 6) is 4.44. The van der Waals surface area contributed by atoms with Gasteiger partial charge in [-0.3, -0.25) is 0 Å². The largest absolute Gasteiger partial charge is 0.0842 e. The first-order chi connectivity index (χ1) is 3.97. The van der Waals surface area contributed by atoms with Crippen molar-refractivity contribution < 1.29 is 0 Å². The average molecular weight is 106 g/mol. The smallest absolute Gasteiger partial charge is 0.0136 e. The fraction of sp³-hybridized carbons (Fsp3) is 0.750. The van der Waals surface area contributed by atoms with Gasteiger partial charge < -0.3 is 0 Å². The maximum Gasteiger partial charge on any atom is -0.0136 e. The number of hydrogen-bond acceptors (Lipinski definition) is 0. The van der Waals surface area contributed by atoms with Gasteiger partial charge in [-0.25, -0.2) is 0 Å². The highest BCUT2D eigenvalue weighted by Crippen LogP contribution is 2.63. The molecule has 0 amide bonds. The van der Waals surface area contributed by atoms with E-state index in [4.69, 9.17) is 0 Å². The van der Waals surface area contributed by atoms with Crippen LogP contribution in [-0.4, -0.2) is 0 Å². The van der Waals surface area contributed by atoms with E-state index in [1.807, 2.05) is 0 Å². The molecule has 0 nitrogen and oxygen atoms in total. The summed E-state index contributed by atoms with van der Waals surface area (Å²) in [5, 5.41) is 0. The molecule has 0 aliphatic heterocycles. The first-order valence-corrected chi connectivity index (χ1v) is 3.65. The van der Waals surface area contributed by atoms with E-state index < -0.39 is 0 Å². The summed E-state index contributed by atoms with van der Waals surface area (Å²) >= 11 is 0. The van der Waals surface area contributed by atoms with Crippen LogP contribution in [0.2, 0.25) is 0 Å². The SMILES string of the molecule is C1=C[C@H]2[C@@H]1[C@@H]1CC[C@H]21.